The van der Waals surface area contributed by atoms with Crippen LogP contribution < -0.4 is 4.74 Å². The lowest BCUT2D eigenvalue weighted by Gasteiger charge is -2.30. The molecule has 0 amide bonds. The minimum absolute atomic E-state index is 0.0563. The molecule has 2 aromatic heterocycles. The van der Waals surface area contributed by atoms with Crippen molar-refractivity contribution in [3.05, 3.63) is 166 Å². The van der Waals surface area contributed by atoms with E-state index in [0.717, 1.165) is 36.6 Å². The number of hydrogen-bond acceptors (Lipinski definition) is 2. The van der Waals surface area contributed by atoms with E-state index in [1.807, 2.05) is 30.6 Å². The minimum Gasteiger partial charge on any atom is -0.489 e. The molecule has 0 aliphatic heterocycles. The first kappa shape index (κ1) is 26.6. The number of nitrogens with zero attached hydrogens (tertiary/aromatic N) is 2. The molecule has 4 aromatic carbocycles. The third-order valence-corrected chi connectivity index (χ3v) is 8.99. The monoisotopic (exact) mass is 568 g/mol. The SMILES string of the molecule is Cc1cn(Cc2ccc(Cl)cc2)c2cc(C3(Cc4ccncc4)Cc4ccc(OCc5ccccc5)cc4C3)ccc12. The molecule has 0 bridgehead atoms. The van der Waals surface area contributed by atoms with Crippen LogP contribution in [-0.2, 0) is 37.8 Å². The smallest absolute Gasteiger partial charge is 0.120 e. The van der Waals surface area contributed by atoms with Crippen molar-refractivity contribution in [1.29, 1.82) is 0 Å². The zero-order valence-electron chi connectivity index (χ0n) is 23.8. The fraction of sp³-hybridized carbons (Fsp3) is 0.184. The highest BCUT2D eigenvalue weighted by Gasteiger charge is 2.39. The number of pyridine rings is 1. The Kier molecular flexibility index (Phi) is 7.05. The Morgan fingerprint density at radius 1 is 0.786 bits per heavy atom. The van der Waals surface area contributed by atoms with Crippen LogP contribution in [0, 0.1) is 6.92 Å². The molecule has 4 heteroatoms. The molecular weight excluding hydrogens is 536 g/mol. The summed E-state index contributed by atoms with van der Waals surface area (Å²) in [5.74, 6) is 0.931. The van der Waals surface area contributed by atoms with Crippen molar-refractivity contribution in [2.75, 3.05) is 0 Å². The molecule has 0 spiro atoms. The van der Waals surface area contributed by atoms with E-state index >= 15 is 0 Å². The van der Waals surface area contributed by atoms with Gasteiger partial charge >= 0.3 is 0 Å². The van der Waals surface area contributed by atoms with Crippen LogP contribution in [-0.4, -0.2) is 9.55 Å². The number of aryl methyl sites for hydroxylation is 1. The average molecular weight is 569 g/mol. The Hall–Kier alpha value is -4.34. The summed E-state index contributed by atoms with van der Waals surface area (Å²) in [5, 5.41) is 2.07. The summed E-state index contributed by atoms with van der Waals surface area (Å²) in [7, 11) is 0. The van der Waals surface area contributed by atoms with Gasteiger partial charge in [-0.3, -0.25) is 4.98 Å². The summed E-state index contributed by atoms with van der Waals surface area (Å²) >= 11 is 6.16. The highest BCUT2D eigenvalue weighted by molar-refractivity contribution is 6.30. The van der Waals surface area contributed by atoms with Crippen LogP contribution in [0.5, 0.6) is 5.75 Å². The summed E-state index contributed by atoms with van der Waals surface area (Å²) in [6.07, 6.45) is 9.00. The zero-order chi connectivity index (χ0) is 28.5. The van der Waals surface area contributed by atoms with Crippen LogP contribution >= 0.6 is 11.6 Å². The number of hydrogen-bond donors (Lipinski definition) is 0. The molecule has 7 rings (SSSR count). The maximum Gasteiger partial charge on any atom is 0.120 e. The molecular formula is C38H33ClN2O. The second-order valence-electron chi connectivity index (χ2n) is 11.7. The average Bonchev–Trinajstić information content (AvgIpc) is 3.55. The van der Waals surface area contributed by atoms with E-state index in [4.69, 9.17) is 16.3 Å². The van der Waals surface area contributed by atoms with Gasteiger partial charge in [-0.05, 0) is 108 Å². The number of fused-ring (bicyclic) bond motifs is 2. The number of rotatable bonds is 8. The Bertz CT molecular complexity index is 1840. The fourth-order valence-corrected chi connectivity index (χ4v) is 6.73. The van der Waals surface area contributed by atoms with Crippen molar-refractivity contribution in [3.63, 3.8) is 0 Å². The lowest BCUT2D eigenvalue weighted by atomic mass is 9.73. The molecule has 1 atom stereocenters. The van der Waals surface area contributed by atoms with E-state index in [1.54, 1.807) is 0 Å². The van der Waals surface area contributed by atoms with Crippen molar-refractivity contribution >= 4 is 22.5 Å². The quantitative estimate of drug-likeness (QED) is 0.183. The van der Waals surface area contributed by atoms with Crippen LogP contribution in [0.4, 0.5) is 0 Å². The van der Waals surface area contributed by atoms with Gasteiger partial charge in [0.25, 0.3) is 0 Å². The van der Waals surface area contributed by atoms with Gasteiger partial charge in [0.1, 0.15) is 12.4 Å². The van der Waals surface area contributed by atoms with Gasteiger partial charge in [-0.2, -0.15) is 0 Å². The van der Waals surface area contributed by atoms with Crippen molar-refractivity contribution in [1.82, 2.24) is 9.55 Å². The molecule has 1 unspecified atom stereocenters. The zero-order valence-corrected chi connectivity index (χ0v) is 24.5. The molecule has 0 saturated carbocycles. The van der Waals surface area contributed by atoms with Crippen molar-refractivity contribution in [2.24, 2.45) is 0 Å². The van der Waals surface area contributed by atoms with Crippen molar-refractivity contribution < 1.29 is 4.74 Å². The highest BCUT2D eigenvalue weighted by atomic mass is 35.5. The first-order chi connectivity index (χ1) is 20.5. The van der Waals surface area contributed by atoms with E-state index in [-0.39, 0.29) is 5.41 Å². The number of benzene rings is 4. The van der Waals surface area contributed by atoms with Crippen LogP contribution in [0.25, 0.3) is 10.9 Å². The lowest BCUT2D eigenvalue weighted by molar-refractivity contribution is 0.306. The number of ether oxygens (including phenoxy) is 1. The van der Waals surface area contributed by atoms with Crippen LogP contribution in [0.1, 0.15) is 38.9 Å². The van der Waals surface area contributed by atoms with E-state index in [0.29, 0.717) is 6.61 Å². The first-order valence-corrected chi connectivity index (χ1v) is 14.9. The van der Waals surface area contributed by atoms with Gasteiger partial charge in [0.05, 0.1) is 0 Å². The Morgan fingerprint density at radius 3 is 2.38 bits per heavy atom. The van der Waals surface area contributed by atoms with Gasteiger partial charge in [0.15, 0.2) is 0 Å². The maximum absolute atomic E-state index is 6.23. The van der Waals surface area contributed by atoms with Crippen molar-refractivity contribution in [2.45, 2.75) is 44.8 Å². The summed E-state index contributed by atoms with van der Waals surface area (Å²) in [6, 6.07) is 36.6. The normalized spacial score (nSPS) is 16.0. The molecule has 42 heavy (non-hydrogen) atoms. The molecule has 208 valence electrons. The molecule has 0 radical (unpaired) electrons. The molecule has 0 saturated heterocycles. The van der Waals surface area contributed by atoms with E-state index in [1.165, 1.54) is 49.8 Å². The van der Waals surface area contributed by atoms with Gasteiger partial charge < -0.3 is 9.30 Å². The topological polar surface area (TPSA) is 27.1 Å². The van der Waals surface area contributed by atoms with Gasteiger partial charge in [-0.1, -0.05) is 72.3 Å². The molecule has 3 nitrogen and oxygen atoms in total. The predicted octanol–water partition coefficient (Wildman–Crippen LogP) is 8.90. The Balaban J connectivity index is 1.24. The van der Waals surface area contributed by atoms with E-state index in [9.17, 15) is 0 Å². The molecule has 0 N–H and O–H groups in total. The highest BCUT2D eigenvalue weighted by Crippen LogP contribution is 2.44. The Morgan fingerprint density at radius 2 is 1.57 bits per heavy atom. The number of aromatic nitrogens is 2. The first-order valence-electron chi connectivity index (χ1n) is 14.6. The molecule has 6 aromatic rings. The molecule has 0 fully saturated rings. The minimum atomic E-state index is -0.0563. The second-order valence-corrected chi connectivity index (χ2v) is 12.1. The van der Waals surface area contributed by atoms with Crippen LogP contribution in [0.15, 0.2) is 122 Å². The Labute approximate surface area is 252 Å². The maximum atomic E-state index is 6.23. The molecule has 2 heterocycles. The van der Waals surface area contributed by atoms with Crippen molar-refractivity contribution in [3.8, 4) is 5.75 Å². The standard InChI is InChI=1S/C38H33ClN2O/c1-27-24-41(25-29-7-11-34(39)12-8-29)37-20-33(10-14-36(27)37)38(21-28-15-17-40-18-16-28)22-31-9-13-35(19-32(31)23-38)42-26-30-5-3-2-4-6-30/h2-20,24H,21-23,25-26H2,1H3. The second kappa shape index (κ2) is 11.2. The molecule has 1 aliphatic carbocycles. The fourth-order valence-electron chi connectivity index (χ4n) is 6.61. The molecule has 1 aliphatic rings. The van der Waals surface area contributed by atoms with Gasteiger partial charge in [0, 0.05) is 46.5 Å². The van der Waals surface area contributed by atoms with Gasteiger partial charge in [-0.25, -0.2) is 0 Å². The largest absolute Gasteiger partial charge is 0.489 e. The van der Waals surface area contributed by atoms with E-state index in [2.05, 4.69) is 108 Å². The predicted molar refractivity (Wildman–Crippen MR) is 171 cm³/mol. The summed E-state index contributed by atoms with van der Waals surface area (Å²) < 4.78 is 8.61. The van der Waals surface area contributed by atoms with Crippen LogP contribution in [0.3, 0.4) is 0 Å². The van der Waals surface area contributed by atoms with Crippen LogP contribution in [0.2, 0.25) is 5.02 Å². The summed E-state index contributed by atoms with van der Waals surface area (Å²) in [4.78, 5) is 4.28. The van der Waals surface area contributed by atoms with Gasteiger partial charge in [-0.15, -0.1) is 0 Å². The van der Waals surface area contributed by atoms with Gasteiger partial charge in [0.2, 0.25) is 0 Å². The summed E-state index contributed by atoms with van der Waals surface area (Å²) in [5.41, 5.74) is 10.4. The third kappa shape index (κ3) is 5.33. The summed E-state index contributed by atoms with van der Waals surface area (Å²) in [6.45, 7) is 3.59. The van der Waals surface area contributed by atoms with E-state index < -0.39 is 0 Å². The lowest BCUT2D eigenvalue weighted by Crippen LogP contribution is -2.30. The third-order valence-electron chi connectivity index (χ3n) is 8.74. The number of halogens is 1.